The van der Waals surface area contributed by atoms with Gasteiger partial charge in [-0.3, -0.25) is 9.98 Å². The summed E-state index contributed by atoms with van der Waals surface area (Å²) in [5.41, 5.74) is 2.99. The van der Waals surface area contributed by atoms with Crippen molar-refractivity contribution in [3.63, 3.8) is 0 Å². The number of benzene rings is 4. The Morgan fingerprint density at radius 3 is 1.31 bits per heavy atom. The van der Waals surface area contributed by atoms with Gasteiger partial charge < -0.3 is 19.7 Å². The van der Waals surface area contributed by atoms with E-state index in [1.54, 1.807) is 48.8 Å². The number of para-hydroxylation sites is 2. The minimum absolute atomic E-state index is 0.0247. The van der Waals surface area contributed by atoms with Gasteiger partial charge in [-0.15, -0.1) is 0 Å². The monoisotopic (exact) mass is 480 g/mol. The maximum Gasteiger partial charge on any atom is 0.166 e. The van der Waals surface area contributed by atoms with Gasteiger partial charge in [-0.05, 0) is 35.4 Å². The van der Waals surface area contributed by atoms with E-state index in [9.17, 15) is 10.2 Å². The van der Waals surface area contributed by atoms with Crippen molar-refractivity contribution in [1.82, 2.24) is 0 Å². The number of hydrogen-bond acceptors (Lipinski definition) is 6. The minimum Gasteiger partial charge on any atom is -0.504 e. The van der Waals surface area contributed by atoms with Gasteiger partial charge in [-0.2, -0.15) is 0 Å². The summed E-state index contributed by atoms with van der Waals surface area (Å²) in [7, 11) is 3.02. The number of phenolic OH excluding ortho intramolecular Hbond substituents is 2. The summed E-state index contributed by atoms with van der Waals surface area (Å²) in [5.74, 6) is 0.802. The van der Waals surface area contributed by atoms with Crippen LogP contribution < -0.4 is 9.47 Å². The number of methoxy groups -OCH3 is 2. The van der Waals surface area contributed by atoms with E-state index < -0.39 is 12.1 Å². The fraction of sp³-hybridized carbons (Fsp3) is 0.133. The first-order chi connectivity index (χ1) is 17.6. The highest BCUT2D eigenvalue weighted by molar-refractivity contribution is 5.86. The van der Waals surface area contributed by atoms with Crippen LogP contribution in [0.2, 0.25) is 0 Å². The molecule has 2 N–H and O–H groups in total. The first-order valence-electron chi connectivity index (χ1n) is 11.5. The van der Waals surface area contributed by atoms with Crippen LogP contribution in [0.3, 0.4) is 0 Å². The second-order valence-corrected chi connectivity index (χ2v) is 8.06. The maximum atomic E-state index is 10.6. The van der Waals surface area contributed by atoms with Gasteiger partial charge in [-0.1, -0.05) is 72.8 Å². The second-order valence-electron chi connectivity index (χ2n) is 8.06. The molecule has 0 unspecified atom stereocenters. The summed E-state index contributed by atoms with van der Waals surface area (Å²) in [6.07, 6.45) is 3.29. The molecule has 2 atom stereocenters. The molecule has 6 nitrogen and oxygen atoms in total. The Kier molecular flexibility index (Phi) is 7.98. The Morgan fingerprint density at radius 1 is 0.556 bits per heavy atom. The van der Waals surface area contributed by atoms with E-state index in [4.69, 9.17) is 19.5 Å². The minimum atomic E-state index is -0.414. The van der Waals surface area contributed by atoms with Crippen molar-refractivity contribution < 1.29 is 19.7 Å². The SMILES string of the molecule is COc1cccc(C=N[C@@H](c2ccccc2)[C@@H](N=Cc2cccc(OC)c2O)c2ccccc2)c1O. The normalized spacial score (nSPS) is 13.1. The topological polar surface area (TPSA) is 83.6 Å². The molecule has 4 rings (SSSR count). The van der Waals surface area contributed by atoms with Crippen molar-refractivity contribution in [2.75, 3.05) is 14.2 Å². The molecule has 182 valence electrons. The molecule has 36 heavy (non-hydrogen) atoms. The van der Waals surface area contributed by atoms with Crippen LogP contribution in [-0.2, 0) is 0 Å². The molecule has 6 heteroatoms. The average Bonchev–Trinajstić information content (AvgIpc) is 2.93. The molecule has 0 fully saturated rings. The van der Waals surface area contributed by atoms with E-state index in [1.165, 1.54) is 14.2 Å². The van der Waals surface area contributed by atoms with Gasteiger partial charge in [0.25, 0.3) is 0 Å². The Balaban J connectivity index is 1.81. The average molecular weight is 481 g/mol. The van der Waals surface area contributed by atoms with E-state index >= 15 is 0 Å². The zero-order valence-corrected chi connectivity index (χ0v) is 20.2. The van der Waals surface area contributed by atoms with Gasteiger partial charge in [0.1, 0.15) is 12.1 Å². The molecule has 0 saturated heterocycles. The number of aromatic hydroxyl groups is 2. The predicted octanol–water partition coefficient (Wildman–Crippen LogP) is 6.14. The quantitative estimate of drug-likeness (QED) is 0.282. The fourth-order valence-corrected chi connectivity index (χ4v) is 3.94. The summed E-state index contributed by atoms with van der Waals surface area (Å²) in [6, 6.07) is 29.5. The number of nitrogens with zero attached hydrogens (tertiary/aromatic N) is 2. The molecule has 0 bridgehead atoms. The van der Waals surface area contributed by atoms with E-state index in [0.29, 0.717) is 22.6 Å². The summed E-state index contributed by atoms with van der Waals surface area (Å²) >= 11 is 0. The van der Waals surface area contributed by atoms with Gasteiger partial charge in [0.05, 0.1) is 14.2 Å². The van der Waals surface area contributed by atoms with Gasteiger partial charge >= 0.3 is 0 Å². The van der Waals surface area contributed by atoms with Gasteiger partial charge in [0.2, 0.25) is 0 Å². The van der Waals surface area contributed by atoms with Crippen molar-refractivity contribution in [1.29, 1.82) is 0 Å². The molecule has 4 aromatic rings. The van der Waals surface area contributed by atoms with Crippen molar-refractivity contribution in [3.05, 3.63) is 119 Å². The second kappa shape index (κ2) is 11.7. The van der Waals surface area contributed by atoms with E-state index in [-0.39, 0.29) is 11.5 Å². The zero-order valence-electron chi connectivity index (χ0n) is 20.2. The number of rotatable bonds is 9. The Hall–Kier alpha value is -4.58. The lowest BCUT2D eigenvalue weighted by molar-refractivity contribution is 0.373. The van der Waals surface area contributed by atoms with Gasteiger partial charge in [0, 0.05) is 23.6 Å². The lowest BCUT2D eigenvalue weighted by atomic mass is 9.94. The zero-order chi connectivity index (χ0) is 25.3. The number of hydrogen-bond donors (Lipinski definition) is 2. The molecule has 0 aliphatic heterocycles. The molecular weight excluding hydrogens is 452 g/mol. The summed E-state index contributed by atoms with van der Waals surface area (Å²) in [4.78, 5) is 9.81. The highest BCUT2D eigenvalue weighted by Gasteiger charge is 2.24. The first kappa shape index (κ1) is 24.5. The molecule has 0 saturated carbocycles. The van der Waals surface area contributed by atoms with Crippen LogP contribution in [0.4, 0.5) is 0 Å². The third kappa shape index (κ3) is 5.55. The highest BCUT2D eigenvalue weighted by atomic mass is 16.5. The highest BCUT2D eigenvalue weighted by Crippen LogP contribution is 2.37. The van der Waals surface area contributed by atoms with E-state index in [2.05, 4.69) is 0 Å². The molecule has 0 heterocycles. The smallest absolute Gasteiger partial charge is 0.166 e. The van der Waals surface area contributed by atoms with E-state index in [1.807, 2.05) is 60.7 Å². The summed E-state index contributed by atoms with van der Waals surface area (Å²) in [5, 5.41) is 21.1. The Labute approximate surface area is 210 Å². The first-order valence-corrected chi connectivity index (χ1v) is 11.5. The van der Waals surface area contributed by atoms with Crippen molar-refractivity contribution in [2.45, 2.75) is 12.1 Å². The fourth-order valence-electron chi connectivity index (χ4n) is 3.94. The summed E-state index contributed by atoms with van der Waals surface area (Å²) < 4.78 is 10.5. The van der Waals surface area contributed by atoms with Crippen LogP contribution in [0, 0.1) is 0 Å². The van der Waals surface area contributed by atoms with Crippen LogP contribution in [0.25, 0.3) is 0 Å². The molecule has 0 amide bonds. The van der Waals surface area contributed by atoms with Crippen LogP contribution >= 0.6 is 0 Å². The summed E-state index contributed by atoms with van der Waals surface area (Å²) in [6.45, 7) is 0. The molecule has 0 radical (unpaired) electrons. The van der Waals surface area contributed by atoms with Crippen molar-refractivity contribution >= 4 is 12.4 Å². The molecule has 0 aliphatic rings. The molecule has 0 aromatic heterocycles. The third-order valence-electron chi connectivity index (χ3n) is 5.83. The number of ether oxygens (including phenoxy) is 2. The Morgan fingerprint density at radius 2 is 0.944 bits per heavy atom. The Bertz CT molecular complexity index is 1230. The third-order valence-corrected chi connectivity index (χ3v) is 5.83. The largest absolute Gasteiger partial charge is 0.504 e. The predicted molar refractivity (Wildman–Crippen MR) is 143 cm³/mol. The van der Waals surface area contributed by atoms with E-state index in [0.717, 1.165) is 11.1 Å². The van der Waals surface area contributed by atoms with Gasteiger partial charge in [-0.25, -0.2) is 0 Å². The standard InChI is InChI=1S/C30H28N2O4/c1-35-25-17-9-15-23(29(25)33)19-31-27(21-11-5-3-6-12-21)28(22-13-7-4-8-14-22)32-20-24-16-10-18-26(36-2)30(24)34/h3-20,27-28,33-34H,1-2H3/t27-,28-/m0/s1. The molecule has 0 aliphatic carbocycles. The maximum absolute atomic E-state index is 10.6. The van der Waals surface area contributed by atoms with Crippen LogP contribution in [-0.4, -0.2) is 36.9 Å². The van der Waals surface area contributed by atoms with Crippen molar-refractivity contribution in [3.8, 4) is 23.0 Å². The molecule has 0 spiro atoms. The molecule has 4 aromatic carbocycles. The lowest BCUT2D eigenvalue weighted by Gasteiger charge is -2.22. The van der Waals surface area contributed by atoms with Crippen LogP contribution in [0.5, 0.6) is 23.0 Å². The van der Waals surface area contributed by atoms with Crippen LogP contribution in [0.15, 0.2) is 107 Å². The molecular formula is C30H28N2O4. The number of phenols is 2. The van der Waals surface area contributed by atoms with Gasteiger partial charge in [0.15, 0.2) is 23.0 Å². The van der Waals surface area contributed by atoms with Crippen molar-refractivity contribution in [2.24, 2.45) is 9.98 Å². The lowest BCUT2D eigenvalue weighted by Crippen LogP contribution is -2.09. The number of aliphatic imine (C=N–C) groups is 2. The van der Waals surface area contributed by atoms with Crippen LogP contribution in [0.1, 0.15) is 34.3 Å².